The standard InChI is InChI=1S/C18H16N4O3/c1-12-3-5-14(6-4-12)17(23)13(2)25-18(24)15-7-9-16(10-8-15)22-11-19-20-21-22/h3-11,13H,1-2H3/t13-/m1/s1. The summed E-state index contributed by atoms with van der Waals surface area (Å²) in [5.74, 6) is -0.796. The molecule has 0 N–H and O–H groups in total. The van der Waals surface area contributed by atoms with E-state index >= 15 is 0 Å². The molecule has 0 aliphatic heterocycles. The molecule has 126 valence electrons. The summed E-state index contributed by atoms with van der Waals surface area (Å²) in [6.07, 6.45) is 0.588. The second-order valence-corrected chi connectivity index (χ2v) is 5.58. The van der Waals surface area contributed by atoms with Gasteiger partial charge in [-0.3, -0.25) is 4.79 Å². The van der Waals surface area contributed by atoms with Crippen molar-refractivity contribution in [3.63, 3.8) is 0 Å². The number of hydrogen-bond acceptors (Lipinski definition) is 6. The number of benzene rings is 2. The predicted molar refractivity (Wildman–Crippen MR) is 89.5 cm³/mol. The van der Waals surface area contributed by atoms with Crippen LogP contribution in [0.15, 0.2) is 54.9 Å². The second kappa shape index (κ2) is 7.04. The number of carbonyl (C=O) groups excluding carboxylic acids is 2. The molecular weight excluding hydrogens is 320 g/mol. The smallest absolute Gasteiger partial charge is 0.338 e. The van der Waals surface area contributed by atoms with Crippen LogP contribution in [0, 0.1) is 6.92 Å². The van der Waals surface area contributed by atoms with Gasteiger partial charge in [0.05, 0.1) is 11.3 Å². The van der Waals surface area contributed by atoms with Crippen LogP contribution in [0.1, 0.15) is 33.2 Å². The van der Waals surface area contributed by atoms with E-state index in [4.69, 9.17) is 4.74 Å². The molecule has 0 unspecified atom stereocenters. The zero-order chi connectivity index (χ0) is 17.8. The molecule has 0 saturated heterocycles. The Morgan fingerprint density at radius 1 is 1.00 bits per heavy atom. The lowest BCUT2D eigenvalue weighted by atomic mass is 10.1. The number of ether oxygens (including phenoxy) is 1. The fourth-order valence-corrected chi connectivity index (χ4v) is 2.26. The highest BCUT2D eigenvalue weighted by Gasteiger charge is 2.20. The maximum absolute atomic E-state index is 12.3. The summed E-state index contributed by atoms with van der Waals surface area (Å²) in [6, 6.07) is 13.7. The van der Waals surface area contributed by atoms with Crippen molar-refractivity contribution in [1.82, 2.24) is 20.2 Å². The first-order valence-corrected chi connectivity index (χ1v) is 7.70. The van der Waals surface area contributed by atoms with Crippen LogP contribution in [0.3, 0.4) is 0 Å². The van der Waals surface area contributed by atoms with Crippen LogP contribution < -0.4 is 0 Å². The van der Waals surface area contributed by atoms with E-state index in [0.717, 1.165) is 5.56 Å². The zero-order valence-corrected chi connectivity index (χ0v) is 13.8. The Labute approximate surface area is 144 Å². The van der Waals surface area contributed by atoms with Gasteiger partial charge in [0, 0.05) is 5.56 Å². The number of aromatic nitrogens is 4. The van der Waals surface area contributed by atoms with Gasteiger partial charge >= 0.3 is 5.97 Å². The summed E-state index contributed by atoms with van der Waals surface area (Å²) in [7, 11) is 0. The number of esters is 1. The molecule has 0 saturated carbocycles. The lowest BCUT2D eigenvalue weighted by Gasteiger charge is -2.12. The Bertz CT molecular complexity index is 872. The Hall–Kier alpha value is -3.35. The molecule has 0 aliphatic carbocycles. The molecule has 3 aromatic rings. The molecule has 3 rings (SSSR count). The minimum atomic E-state index is -0.866. The van der Waals surface area contributed by atoms with Gasteiger partial charge in [0.15, 0.2) is 6.10 Å². The van der Waals surface area contributed by atoms with Gasteiger partial charge in [-0.1, -0.05) is 29.8 Å². The monoisotopic (exact) mass is 336 g/mol. The molecule has 0 bridgehead atoms. The van der Waals surface area contributed by atoms with Crippen molar-refractivity contribution >= 4 is 11.8 Å². The number of nitrogens with zero attached hydrogens (tertiary/aromatic N) is 4. The first-order valence-electron chi connectivity index (χ1n) is 7.70. The summed E-state index contributed by atoms with van der Waals surface area (Å²) < 4.78 is 6.75. The predicted octanol–water partition coefficient (Wildman–Crippen LogP) is 2.40. The number of aryl methyl sites for hydroxylation is 1. The number of ketones is 1. The van der Waals surface area contributed by atoms with E-state index in [9.17, 15) is 9.59 Å². The Morgan fingerprint density at radius 2 is 1.64 bits per heavy atom. The molecule has 1 aromatic heterocycles. The van der Waals surface area contributed by atoms with E-state index in [1.807, 2.05) is 19.1 Å². The number of rotatable bonds is 5. The fraction of sp³-hybridized carbons (Fsp3) is 0.167. The van der Waals surface area contributed by atoms with Crippen LogP contribution >= 0.6 is 0 Å². The van der Waals surface area contributed by atoms with Gasteiger partial charge in [0.1, 0.15) is 6.33 Å². The van der Waals surface area contributed by atoms with Gasteiger partial charge < -0.3 is 4.74 Å². The first-order chi connectivity index (χ1) is 12.0. The number of Topliss-reactive ketones (excluding diaryl/α,β-unsaturated/α-hetero) is 1. The van der Waals surface area contributed by atoms with Crippen molar-refractivity contribution in [2.75, 3.05) is 0 Å². The molecule has 0 amide bonds. The van der Waals surface area contributed by atoms with E-state index < -0.39 is 12.1 Å². The second-order valence-electron chi connectivity index (χ2n) is 5.58. The first kappa shape index (κ1) is 16.5. The summed E-state index contributed by atoms with van der Waals surface area (Å²) in [5.41, 5.74) is 2.63. The van der Waals surface area contributed by atoms with Gasteiger partial charge in [-0.05, 0) is 48.5 Å². The van der Waals surface area contributed by atoms with Gasteiger partial charge in [-0.15, -0.1) is 5.10 Å². The van der Waals surface area contributed by atoms with Crippen molar-refractivity contribution in [3.05, 3.63) is 71.5 Å². The third-order valence-corrected chi connectivity index (χ3v) is 3.71. The van der Waals surface area contributed by atoms with Crippen LogP contribution in [0.5, 0.6) is 0 Å². The molecule has 2 aromatic carbocycles. The molecule has 0 fully saturated rings. The van der Waals surface area contributed by atoms with Crippen LogP contribution in [0.4, 0.5) is 0 Å². The van der Waals surface area contributed by atoms with Crippen molar-refractivity contribution < 1.29 is 14.3 Å². The molecular formula is C18H16N4O3. The quantitative estimate of drug-likeness (QED) is 0.525. The van der Waals surface area contributed by atoms with Crippen LogP contribution in [-0.2, 0) is 4.74 Å². The third-order valence-electron chi connectivity index (χ3n) is 3.71. The zero-order valence-electron chi connectivity index (χ0n) is 13.8. The van der Waals surface area contributed by atoms with Gasteiger partial charge in [-0.2, -0.15) is 0 Å². The van der Waals surface area contributed by atoms with E-state index in [1.165, 1.54) is 11.0 Å². The minimum absolute atomic E-state index is 0.237. The maximum atomic E-state index is 12.3. The normalized spacial score (nSPS) is 11.8. The topological polar surface area (TPSA) is 87.0 Å². The highest BCUT2D eigenvalue weighted by Crippen LogP contribution is 2.13. The van der Waals surface area contributed by atoms with Gasteiger partial charge in [0.25, 0.3) is 0 Å². The summed E-state index contributed by atoms with van der Waals surface area (Å²) >= 11 is 0. The molecule has 7 heteroatoms. The lowest BCUT2D eigenvalue weighted by Crippen LogP contribution is -2.24. The van der Waals surface area contributed by atoms with E-state index in [-0.39, 0.29) is 5.78 Å². The largest absolute Gasteiger partial charge is 0.451 e. The molecule has 1 heterocycles. The molecule has 7 nitrogen and oxygen atoms in total. The van der Waals surface area contributed by atoms with Crippen molar-refractivity contribution in [2.45, 2.75) is 20.0 Å². The highest BCUT2D eigenvalue weighted by atomic mass is 16.5. The molecule has 0 radical (unpaired) electrons. The fourth-order valence-electron chi connectivity index (χ4n) is 2.26. The van der Waals surface area contributed by atoms with Crippen LogP contribution in [0.25, 0.3) is 5.69 Å². The minimum Gasteiger partial charge on any atom is -0.451 e. The average molecular weight is 336 g/mol. The van der Waals surface area contributed by atoms with Gasteiger partial charge in [-0.25, -0.2) is 9.48 Å². The number of tetrazole rings is 1. The van der Waals surface area contributed by atoms with Crippen molar-refractivity contribution in [2.24, 2.45) is 0 Å². The highest BCUT2D eigenvalue weighted by molar-refractivity contribution is 6.01. The van der Waals surface area contributed by atoms with Crippen LogP contribution in [0.2, 0.25) is 0 Å². The lowest BCUT2D eigenvalue weighted by molar-refractivity contribution is 0.0319. The number of carbonyl (C=O) groups is 2. The van der Waals surface area contributed by atoms with E-state index in [2.05, 4.69) is 15.5 Å². The van der Waals surface area contributed by atoms with Crippen molar-refractivity contribution in [3.8, 4) is 5.69 Å². The number of hydrogen-bond donors (Lipinski definition) is 0. The summed E-state index contributed by atoms with van der Waals surface area (Å²) in [4.78, 5) is 24.6. The molecule has 25 heavy (non-hydrogen) atoms. The Kier molecular flexibility index (Phi) is 4.65. The third kappa shape index (κ3) is 3.77. The van der Waals surface area contributed by atoms with Crippen LogP contribution in [-0.4, -0.2) is 38.1 Å². The van der Waals surface area contributed by atoms with Crippen molar-refractivity contribution in [1.29, 1.82) is 0 Å². The Balaban J connectivity index is 1.67. The maximum Gasteiger partial charge on any atom is 0.338 e. The van der Waals surface area contributed by atoms with E-state index in [0.29, 0.717) is 16.8 Å². The van der Waals surface area contributed by atoms with Gasteiger partial charge in [0.2, 0.25) is 5.78 Å². The summed E-state index contributed by atoms with van der Waals surface area (Å²) in [5, 5.41) is 10.9. The summed E-state index contributed by atoms with van der Waals surface area (Å²) in [6.45, 7) is 3.51. The SMILES string of the molecule is Cc1ccc(C(=O)[C@@H](C)OC(=O)c2ccc(-n3cnnn3)cc2)cc1. The molecule has 0 spiro atoms. The Morgan fingerprint density at radius 3 is 2.24 bits per heavy atom. The molecule has 1 atom stereocenters. The van der Waals surface area contributed by atoms with E-state index in [1.54, 1.807) is 43.3 Å². The average Bonchev–Trinajstić information content (AvgIpc) is 3.16. The molecule has 0 aliphatic rings.